The van der Waals surface area contributed by atoms with E-state index in [0.29, 0.717) is 13.2 Å². The molecule has 1 unspecified atom stereocenters. The normalized spacial score (nSPS) is 11.6. The topological polar surface area (TPSA) is 67.4 Å². The lowest BCUT2D eigenvalue weighted by Gasteiger charge is -2.12. The van der Waals surface area contributed by atoms with Gasteiger partial charge in [0.1, 0.15) is 6.04 Å². The van der Waals surface area contributed by atoms with Crippen LogP contribution in [0.3, 0.4) is 0 Å². The first-order valence-corrected chi connectivity index (χ1v) is 4.31. The summed E-state index contributed by atoms with van der Waals surface area (Å²) in [5.74, 6) is -0.600. The third-order valence-electron chi connectivity index (χ3n) is 1.54. The minimum Gasteiger partial charge on any atom is -0.383 e. The van der Waals surface area contributed by atoms with E-state index in [1.54, 1.807) is 14.0 Å². The fourth-order valence-corrected chi connectivity index (χ4v) is 0.767. The number of amides is 2. The van der Waals surface area contributed by atoms with Crippen LogP contribution < -0.4 is 10.6 Å². The zero-order valence-corrected chi connectivity index (χ0v) is 8.50. The average molecular weight is 200 g/mol. The van der Waals surface area contributed by atoms with Gasteiger partial charge >= 0.3 is 0 Å². The molecule has 0 aliphatic rings. The van der Waals surface area contributed by atoms with Crippen molar-refractivity contribution in [3.05, 3.63) is 12.7 Å². The third kappa shape index (κ3) is 5.31. The Bertz CT molecular complexity index is 216. The summed E-state index contributed by atoms with van der Waals surface area (Å²) in [4.78, 5) is 22.1. The van der Waals surface area contributed by atoms with Crippen molar-refractivity contribution < 1.29 is 14.3 Å². The van der Waals surface area contributed by atoms with Crippen LogP contribution in [0.2, 0.25) is 0 Å². The van der Waals surface area contributed by atoms with Crippen LogP contribution in [0.25, 0.3) is 0 Å². The van der Waals surface area contributed by atoms with E-state index in [0.717, 1.165) is 6.08 Å². The second-order valence-electron chi connectivity index (χ2n) is 2.72. The highest BCUT2D eigenvalue weighted by molar-refractivity contribution is 5.92. The van der Waals surface area contributed by atoms with Crippen LogP contribution in [0.15, 0.2) is 12.7 Å². The third-order valence-corrected chi connectivity index (χ3v) is 1.54. The predicted molar refractivity (Wildman–Crippen MR) is 52.7 cm³/mol. The van der Waals surface area contributed by atoms with Gasteiger partial charge in [0.15, 0.2) is 0 Å². The highest BCUT2D eigenvalue weighted by Gasteiger charge is 2.12. The van der Waals surface area contributed by atoms with Gasteiger partial charge < -0.3 is 15.4 Å². The van der Waals surface area contributed by atoms with E-state index in [4.69, 9.17) is 4.74 Å². The molecular formula is C9H16N2O3. The summed E-state index contributed by atoms with van der Waals surface area (Å²) in [6, 6.07) is -0.558. The Balaban J connectivity index is 3.75. The molecule has 0 rings (SSSR count). The summed E-state index contributed by atoms with van der Waals surface area (Å²) < 4.78 is 4.76. The Morgan fingerprint density at radius 2 is 2.21 bits per heavy atom. The summed E-state index contributed by atoms with van der Waals surface area (Å²) in [7, 11) is 1.55. The van der Waals surface area contributed by atoms with Crippen molar-refractivity contribution in [3.63, 3.8) is 0 Å². The van der Waals surface area contributed by atoms with Gasteiger partial charge in [0.25, 0.3) is 0 Å². The smallest absolute Gasteiger partial charge is 0.244 e. The van der Waals surface area contributed by atoms with Gasteiger partial charge in [0.2, 0.25) is 11.8 Å². The predicted octanol–water partition coefficient (Wildman–Crippen LogP) is -0.560. The van der Waals surface area contributed by atoms with E-state index >= 15 is 0 Å². The van der Waals surface area contributed by atoms with Crippen LogP contribution in [-0.2, 0) is 14.3 Å². The molecule has 0 aliphatic carbocycles. The van der Waals surface area contributed by atoms with E-state index in [9.17, 15) is 9.59 Å². The lowest BCUT2D eigenvalue weighted by molar-refractivity contribution is -0.126. The maximum Gasteiger partial charge on any atom is 0.244 e. The molecule has 2 N–H and O–H groups in total. The first kappa shape index (κ1) is 12.6. The van der Waals surface area contributed by atoms with Crippen molar-refractivity contribution in [3.8, 4) is 0 Å². The Labute approximate surface area is 83.5 Å². The summed E-state index contributed by atoms with van der Waals surface area (Å²) in [6.07, 6.45) is 1.12. The quantitative estimate of drug-likeness (QED) is 0.446. The number of rotatable bonds is 6. The van der Waals surface area contributed by atoms with Crippen LogP contribution in [-0.4, -0.2) is 38.1 Å². The molecular weight excluding hydrogens is 184 g/mol. The van der Waals surface area contributed by atoms with E-state index in [1.807, 2.05) is 0 Å². The molecule has 0 aromatic heterocycles. The molecule has 0 saturated carbocycles. The lowest BCUT2D eigenvalue weighted by Crippen LogP contribution is -2.45. The van der Waals surface area contributed by atoms with Crippen molar-refractivity contribution >= 4 is 11.8 Å². The molecule has 14 heavy (non-hydrogen) atoms. The molecule has 0 heterocycles. The zero-order valence-electron chi connectivity index (χ0n) is 8.50. The molecule has 0 aromatic carbocycles. The summed E-state index contributed by atoms with van der Waals surface area (Å²) in [6.45, 7) is 5.77. The highest BCUT2D eigenvalue weighted by atomic mass is 16.5. The summed E-state index contributed by atoms with van der Waals surface area (Å²) in [5, 5.41) is 5.05. The molecule has 5 nitrogen and oxygen atoms in total. The fraction of sp³-hybridized carbons (Fsp3) is 0.556. The molecule has 0 radical (unpaired) electrons. The number of hydrogen-bond donors (Lipinski definition) is 2. The van der Waals surface area contributed by atoms with Crippen molar-refractivity contribution in [1.29, 1.82) is 0 Å². The van der Waals surface area contributed by atoms with Crippen LogP contribution in [0.4, 0.5) is 0 Å². The standard InChI is InChI=1S/C9H16N2O3/c1-4-8(12)11-7(2)9(13)10-5-6-14-3/h4,7H,1,5-6H2,2-3H3,(H,10,13)(H,11,12). The van der Waals surface area contributed by atoms with Crippen molar-refractivity contribution in [2.24, 2.45) is 0 Å². The molecule has 0 aliphatic heterocycles. The maximum absolute atomic E-state index is 11.3. The Kier molecular flexibility index (Phi) is 6.39. The van der Waals surface area contributed by atoms with E-state index in [-0.39, 0.29) is 11.8 Å². The van der Waals surface area contributed by atoms with Crippen LogP contribution in [0.5, 0.6) is 0 Å². The largest absolute Gasteiger partial charge is 0.383 e. The average Bonchev–Trinajstić information content (AvgIpc) is 2.17. The van der Waals surface area contributed by atoms with Crippen LogP contribution in [0, 0.1) is 0 Å². The first-order chi connectivity index (χ1) is 6.61. The van der Waals surface area contributed by atoms with Gasteiger partial charge in [0, 0.05) is 13.7 Å². The molecule has 0 aromatic rings. The Morgan fingerprint density at radius 3 is 2.71 bits per heavy atom. The maximum atomic E-state index is 11.3. The van der Waals surface area contributed by atoms with Gasteiger partial charge in [-0.05, 0) is 13.0 Å². The number of hydrogen-bond acceptors (Lipinski definition) is 3. The lowest BCUT2D eigenvalue weighted by atomic mass is 10.3. The van der Waals surface area contributed by atoms with E-state index in [2.05, 4.69) is 17.2 Å². The van der Waals surface area contributed by atoms with E-state index in [1.165, 1.54) is 0 Å². The fourth-order valence-electron chi connectivity index (χ4n) is 0.767. The molecule has 0 spiro atoms. The number of carbonyl (C=O) groups is 2. The zero-order chi connectivity index (χ0) is 11.0. The van der Waals surface area contributed by atoms with Crippen LogP contribution in [0.1, 0.15) is 6.92 Å². The molecule has 80 valence electrons. The molecule has 5 heteroatoms. The Hall–Kier alpha value is -1.36. The van der Waals surface area contributed by atoms with Gasteiger partial charge in [-0.3, -0.25) is 9.59 Å². The van der Waals surface area contributed by atoms with Gasteiger partial charge in [-0.25, -0.2) is 0 Å². The van der Waals surface area contributed by atoms with E-state index < -0.39 is 6.04 Å². The van der Waals surface area contributed by atoms with Gasteiger partial charge in [-0.2, -0.15) is 0 Å². The number of carbonyl (C=O) groups excluding carboxylic acids is 2. The molecule has 1 atom stereocenters. The second-order valence-corrected chi connectivity index (χ2v) is 2.72. The van der Waals surface area contributed by atoms with Crippen LogP contribution >= 0.6 is 0 Å². The number of ether oxygens (including phenoxy) is 1. The minimum atomic E-state index is -0.558. The number of nitrogens with one attached hydrogen (secondary N) is 2. The molecule has 0 bridgehead atoms. The van der Waals surface area contributed by atoms with Gasteiger partial charge in [-0.1, -0.05) is 6.58 Å². The summed E-state index contributed by atoms with van der Waals surface area (Å²) in [5.41, 5.74) is 0. The molecule has 0 fully saturated rings. The van der Waals surface area contributed by atoms with Crippen molar-refractivity contribution in [1.82, 2.24) is 10.6 Å². The minimum absolute atomic E-state index is 0.239. The van der Waals surface area contributed by atoms with Gasteiger partial charge in [0.05, 0.1) is 6.61 Å². The number of methoxy groups -OCH3 is 1. The molecule has 2 amide bonds. The first-order valence-electron chi connectivity index (χ1n) is 4.31. The SMILES string of the molecule is C=CC(=O)NC(C)C(=O)NCCOC. The van der Waals surface area contributed by atoms with Gasteiger partial charge in [-0.15, -0.1) is 0 Å². The van der Waals surface area contributed by atoms with Crippen molar-refractivity contribution in [2.45, 2.75) is 13.0 Å². The molecule has 0 saturated heterocycles. The Morgan fingerprint density at radius 1 is 1.57 bits per heavy atom. The monoisotopic (exact) mass is 200 g/mol. The summed E-state index contributed by atoms with van der Waals surface area (Å²) >= 11 is 0. The van der Waals surface area contributed by atoms with Crippen molar-refractivity contribution in [2.75, 3.05) is 20.3 Å². The highest BCUT2D eigenvalue weighted by Crippen LogP contribution is 1.82. The second kappa shape index (κ2) is 7.08.